The van der Waals surface area contributed by atoms with Crippen LogP contribution in [0.3, 0.4) is 0 Å². The Labute approximate surface area is 321 Å². The lowest BCUT2D eigenvalue weighted by atomic mass is 9.80. The number of alkyl halides is 6. The summed E-state index contributed by atoms with van der Waals surface area (Å²) in [5.41, 5.74) is -0.359. The average molecular weight is 883 g/mol. The van der Waals surface area contributed by atoms with Gasteiger partial charge in [-0.2, -0.15) is 26.3 Å². The van der Waals surface area contributed by atoms with Crippen molar-refractivity contribution in [2.24, 2.45) is 0 Å². The Hall–Kier alpha value is -2.93. The fourth-order valence-electron chi connectivity index (χ4n) is 5.72. The molecule has 18 heteroatoms. The van der Waals surface area contributed by atoms with Gasteiger partial charge in [-0.15, -0.1) is 0 Å². The summed E-state index contributed by atoms with van der Waals surface area (Å²) < 4.78 is 75.1. The van der Waals surface area contributed by atoms with Gasteiger partial charge in [0.15, 0.2) is 0 Å². The first-order chi connectivity index (χ1) is 24.4. The largest absolute Gasteiger partial charge is 0.488 e. The molecule has 0 radical (unpaired) electrons. The van der Waals surface area contributed by atoms with E-state index in [-0.39, 0.29) is 10.6 Å². The maximum Gasteiger partial charge on any atom is 0.488 e. The molecule has 2 aliphatic carbocycles. The number of benzene rings is 2. The number of nitrogens with zero attached hydrogens (tertiary/aromatic N) is 4. The first kappa shape index (κ1) is 41.8. The van der Waals surface area contributed by atoms with Gasteiger partial charge in [0.1, 0.15) is 33.6 Å². The van der Waals surface area contributed by atoms with Crippen LogP contribution < -0.4 is 16.1 Å². The summed E-state index contributed by atoms with van der Waals surface area (Å²) in [5, 5.41) is 24.8. The Morgan fingerprint density at radius 3 is 1.50 bits per heavy atom. The van der Waals surface area contributed by atoms with Crippen molar-refractivity contribution in [3.63, 3.8) is 0 Å². The molecule has 0 amide bonds. The lowest BCUT2D eigenvalue weighted by molar-refractivity contribution is -0.138. The summed E-state index contributed by atoms with van der Waals surface area (Å²) in [5.74, 6) is 2.72. The summed E-state index contributed by atoms with van der Waals surface area (Å²) >= 11 is 14.5. The van der Waals surface area contributed by atoms with Crippen LogP contribution in [0.1, 0.15) is 74.1 Å². The van der Waals surface area contributed by atoms with Gasteiger partial charge < -0.3 is 20.7 Å². The predicted molar refractivity (Wildman–Crippen MR) is 200 cm³/mol. The number of anilines is 2. The SMILES string of the molecule is Cc1nc(Cl)c(-c2ccc(C(F)(F)F)cc2)c(NC2CCCC2)n1.Cc1nc(Cl)c(I)c(NC2CCCC2)n1.OB(O)c1ccc(C(F)(F)F)cc1. The van der Waals surface area contributed by atoms with E-state index in [2.05, 4.69) is 53.2 Å². The van der Waals surface area contributed by atoms with Crippen LogP contribution in [0.15, 0.2) is 48.5 Å². The highest BCUT2D eigenvalue weighted by Crippen LogP contribution is 2.37. The minimum atomic E-state index is -4.39. The van der Waals surface area contributed by atoms with E-state index in [0.717, 1.165) is 77.3 Å². The lowest BCUT2D eigenvalue weighted by Gasteiger charge is -2.18. The van der Waals surface area contributed by atoms with Gasteiger partial charge in [0, 0.05) is 12.1 Å². The van der Waals surface area contributed by atoms with E-state index in [0.29, 0.717) is 40.0 Å². The molecular formula is C34H36BCl2F6IN6O2. The topological polar surface area (TPSA) is 116 Å². The van der Waals surface area contributed by atoms with Crippen LogP contribution in [-0.4, -0.2) is 49.2 Å². The fraction of sp³-hybridized carbons (Fsp3) is 0.412. The van der Waals surface area contributed by atoms with Crippen LogP contribution in [0.25, 0.3) is 11.1 Å². The molecule has 0 aliphatic heterocycles. The number of aryl methyl sites for hydroxylation is 2. The third-order valence-electron chi connectivity index (χ3n) is 8.33. The van der Waals surface area contributed by atoms with Gasteiger partial charge in [-0.05, 0) is 85.3 Å². The molecule has 2 saturated carbocycles. The summed E-state index contributed by atoms with van der Waals surface area (Å²) in [4.78, 5) is 17.1. The number of nitrogens with one attached hydrogen (secondary N) is 2. The molecule has 2 fully saturated rings. The third kappa shape index (κ3) is 12.0. The van der Waals surface area contributed by atoms with Crippen molar-refractivity contribution in [1.82, 2.24) is 19.9 Å². The first-order valence-electron chi connectivity index (χ1n) is 16.4. The number of hydrogen-bond donors (Lipinski definition) is 4. The summed E-state index contributed by atoms with van der Waals surface area (Å²) in [7, 11) is -1.73. The number of rotatable bonds is 6. The molecule has 0 spiro atoms. The van der Waals surface area contributed by atoms with Crippen LogP contribution >= 0.6 is 45.8 Å². The average Bonchev–Trinajstić information content (AvgIpc) is 3.78. The molecule has 2 heterocycles. The van der Waals surface area contributed by atoms with Crippen molar-refractivity contribution in [2.75, 3.05) is 10.6 Å². The fourth-order valence-corrected chi connectivity index (χ4v) is 6.65. The molecule has 6 rings (SSSR count). The molecule has 4 N–H and O–H groups in total. The van der Waals surface area contributed by atoms with Gasteiger partial charge >= 0.3 is 19.5 Å². The molecule has 2 aromatic carbocycles. The van der Waals surface area contributed by atoms with Gasteiger partial charge in [-0.3, -0.25) is 0 Å². The van der Waals surface area contributed by atoms with Crippen molar-refractivity contribution in [1.29, 1.82) is 0 Å². The molecule has 0 unspecified atom stereocenters. The molecule has 52 heavy (non-hydrogen) atoms. The first-order valence-corrected chi connectivity index (χ1v) is 18.2. The monoisotopic (exact) mass is 882 g/mol. The molecule has 2 aliphatic rings. The van der Waals surface area contributed by atoms with Crippen LogP contribution in [0.2, 0.25) is 10.3 Å². The van der Waals surface area contributed by atoms with E-state index in [1.807, 2.05) is 6.92 Å². The molecule has 8 nitrogen and oxygen atoms in total. The van der Waals surface area contributed by atoms with Crippen molar-refractivity contribution >= 4 is 70.0 Å². The Morgan fingerprint density at radius 1 is 0.654 bits per heavy atom. The van der Waals surface area contributed by atoms with E-state index < -0.39 is 30.6 Å². The van der Waals surface area contributed by atoms with Crippen molar-refractivity contribution in [3.05, 3.63) is 85.2 Å². The maximum atomic E-state index is 12.7. The van der Waals surface area contributed by atoms with Gasteiger partial charge in [0.2, 0.25) is 0 Å². The van der Waals surface area contributed by atoms with Crippen molar-refractivity contribution < 1.29 is 36.4 Å². The van der Waals surface area contributed by atoms with Crippen LogP contribution in [0.4, 0.5) is 38.0 Å². The zero-order valence-electron chi connectivity index (χ0n) is 28.1. The highest BCUT2D eigenvalue weighted by atomic mass is 127. The smallest absolute Gasteiger partial charge is 0.423 e. The second-order valence-corrected chi connectivity index (χ2v) is 14.1. The van der Waals surface area contributed by atoms with E-state index in [9.17, 15) is 26.3 Å². The highest BCUT2D eigenvalue weighted by molar-refractivity contribution is 14.1. The van der Waals surface area contributed by atoms with E-state index >= 15 is 0 Å². The van der Waals surface area contributed by atoms with Crippen molar-refractivity contribution in [3.8, 4) is 11.1 Å². The molecule has 0 bridgehead atoms. The summed E-state index contributed by atoms with van der Waals surface area (Å²) in [6, 6.07) is 9.42. The molecule has 4 aromatic rings. The quantitative estimate of drug-likeness (QED) is 0.0656. The normalized spacial score (nSPS) is 15.0. The van der Waals surface area contributed by atoms with Crippen LogP contribution in [-0.2, 0) is 12.4 Å². The summed E-state index contributed by atoms with van der Waals surface area (Å²) in [6.45, 7) is 3.60. The Kier molecular flexibility index (Phi) is 14.8. The number of aromatic nitrogens is 4. The van der Waals surface area contributed by atoms with E-state index in [1.54, 1.807) is 6.92 Å². The predicted octanol–water partition coefficient (Wildman–Crippen LogP) is 9.26. The van der Waals surface area contributed by atoms with Gasteiger partial charge in [0.05, 0.1) is 20.3 Å². The summed E-state index contributed by atoms with van der Waals surface area (Å²) in [6.07, 6.45) is 0.748. The van der Waals surface area contributed by atoms with Crippen LogP contribution in [0.5, 0.6) is 0 Å². The van der Waals surface area contributed by atoms with Crippen molar-refractivity contribution in [2.45, 2.75) is 89.7 Å². The third-order valence-corrected chi connectivity index (χ3v) is 10.2. The number of halogens is 9. The number of hydrogen-bond acceptors (Lipinski definition) is 8. The zero-order valence-corrected chi connectivity index (χ0v) is 31.8. The van der Waals surface area contributed by atoms with Gasteiger partial charge in [-0.1, -0.05) is 85.3 Å². The zero-order chi connectivity index (χ0) is 38.2. The highest BCUT2D eigenvalue weighted by Gasteiger charge is 2.31. The lowest BCUT2D eigenvalue weighted by Crippen LogP contribution is -2.29. The van der Waals surface area contributed by atoms with E-state index in [4.69, 9.17) is 33.2 Å². The Morgan fingerprint density at radius 2 is 1.06 bits per heavy atom. The minimum Gasteiger partial charge on any atom is -0.423 e. The Balaban J connectivity index is 0.000000186. The molecule has 2 aromatic heterocycles. The van der Waals surface area contributed by atoms with Gasteiger partial charge in [-0.25, -0.2) is 19.9 Å². The molecule has 0 saturated heterocycles. The molecular weight excluding hydrogens is 847 g/mol. The maximum absolute atomic E-state index is 12.7. The standard InChI is InChI=1S/C17H17ClF3N3.C10H13ClIN3.C7H6BF3O2/c1-10-22-15(18)14(16(23-10)24-13-4-2-3-5-13)11-6-8-12(9-7-11)17(19,20)21;1-6-13-9(11)8(12)10(14-6)15-7-4-2-3-5-7;9-7(10,11)5-1-3-6(4-2-5)8(12)13/h6-9,13H,2-5H2,1H3,(H,22,23,24);7H,2-5H2,1H3,(H,13,14,15);1-4,12-13H. The second-order valence-electron chi connectivity index (χ2n) is 12.3. The molecule has 280 valence electrons. The Bertz CT molecular complexity index is 1780. The van der Waals surface area contributed by atoms with E-state index in [1.165, 1.54) is 37.8 Å². The second kappa shape index (κ2) is 18.4. The van der Waals surface area contributed by atoms with Gasteiger partial charge in [0.25, 0.3) is 0 Å². The molecule has 0 atom stereocenters. The van der Waals surface area contributed by atoms with Crippen LogP contribution in [0, 0.1) is 17.4 Å². The minimum absolute atomic E-state index is 0.0352.